The van der Waals surface area contributed by atoms with Gasteiger partial charge in [-0.3, -0.25) is 0 Å². The van der Waals surface area contributed by atoms with Crippen LogP contribution in [-0.4, -0.2) is 43.1 Å². The molecule has 1 aromatic carbocycles. The van der Waals surface area contributed by atoms with Gasteiger partial charge >= 0.3 is 0 Å². The largest absolute Gasteiger partial charge is 0.397 e. The van der Waals surface area contributed by atoms with E-state index in [0.717, 1.165) is 30.8 Å². The zero-order valence-corrected chi connectivity index (χ0v) is 10.5. The van der Waals surface area contributed by atoms with E-state index in [4.69, 9.17) is 15.9 Å². The second-order valence-electron chi connectivity index (χ2n) is 4.50. The predicted molar refractivity (Wildman–Crippen MR) is 74.0 cm³/mol. The highest BCUT2D eigenvalue weighted by molar-refractivity contribution is 5.85. The number of fused-ring (bicyclic) bond motifs is 1. The highest BCUT2D eigenvalue weighted by atomic mass is 16.3. The highest BCUT2D eigenvalue weighted by Gasteiger charge is 2.19. The molecule has 18 heavy (non-hydrogen) atoms. The van der Waals surface area contributed by atoms with Crippen molar-refractivity contribution in [3.8, 4) is 0 Å². The zero-order chi connectivity index (χ0) is 13.0. The Morgan fingerprint density at radius 1 is 1.22 bits per heavy atom. The number of aryl methyl sites for hydroxylation is 1. The minimum Gasteiger partial charge on any atom is -0.397 e. The van der Waals surface area contributed by atoms with Crippen LogP contribution in [0.25, 0.3) is 0 Å². The Morgan fingerprint density at radius 2 is 1.94 bits per heavy atom. The molecule has 0 radical (unpaired) electrons. The average molecular weight is 251 g/mol. The van der Waals surface area contributed by atoms with E-state index >= 15 is 0 Å². The first kappa shape index (κ1) is 13.0. The molecule has 1 heterocycles. The molecule has 0 fully saturated rings. The van der Waals surface area contributed by atoms with Gasteiger partial charge in [0.15, 0.2) is 0 Å². The number of nitrogens with zero attached hydrogens (tertiary/aromatic N) is 1. The van der Waals surface area contributed by atoms with Crippen molar-refractivity contribution in [3.63, 3.8) is 0 Å². The summed E-state index contributed by atoms with van der Waals surface area (Å²) in [5, 5.41) is 21.7. The minimum atomic E-state index is 0.0447. The summed E-state index contributed by atoms with van der Waals surface area (Å²) >= 11 is 0. The van der Waals surface area contributed by atoms with Gasteiger partial charge in [0.2, 0.25) is 0 Å². The van der Waals surface area contributed by atoms with Crippen molar-refractivity contribution < 1.29 is 10.2 Å². The van der Waals surface area contributed by atoms with Crippen LogP contribution >= 0.6 is 0 Å². The number of rotatable bonds is 5. The normalized spacial score (nSPS) is 13.9. The predicted octanol–water partition coefficient (Wildman–Crippen LogP) is 0.418. The van der Waals surface area contributed by atoms with E-state index in [1.165, 1.54) is 5.56 Å². The first-order chi connectivity index (χ1) is 8.77. The summed E-state index contributed by atoms with van der Waals surface area (Å²) in [5.74, 6) is 0. The number of nitrogen functional groups attached to an aromatic ring is 1. The van der Waals surface area contributed by atoms with Gasteiger partial charge in [0.05, 0.1) is 30.3 Å². The number of aliphatic hydroxyl groups is 2. The van der Waals surface area contributed by atoms with Crippen molar-refractivity contribution in [1.82, 2.24) is 0 Å². The summed E-state index contributed by atoms with van der Waals surface area (Å²) in [6.07, 6.45) is 2.16. The molecular formula is C13H21N3O2. The number of hydrogen-bond donors (Lipinski definition) is 4. The third kappa shape index (κ3) is 2.52. The third-order valence-electron chi connectivity index (χ3n) is 3.28. The second-order valence-corrected chi connectivity index (χ2v) is 4.50. The number of nitrogens with one attached hydrogen (secondary N) is 1. The summed E-state index contributed by atoms with van der Waals surface area (Å²) in [6, 6.07) is 3.96. The van der Waals surface area contributed by atoms with Gasteiger partial charge in [-0.15, -0.1) is 0 Å². The summed E-state index contributed by atoms with van der Waals surface area (Å²) in [4.78, 5) is 1.94. The Bertz CT molecular complexity index is 403. The summed E-state index contributed by atoms with van der Waals surface area (Å²) in [7, 11) is 0. The molecular weight excluding hydrogens is 230 g/mol. The molecule has 5 heteroatoms. The fourth-order valence-corrected chi connectivity index (χ4v) is 2.46. The first-order valence-electron chi connectivity index (χ1n) is 6.39. The van der Waals surface area contributed by atoms with Crippen LogP contribution in [-0.2, 0) is 6.42 Å². The van der Waals surface area contributed by atoms with Gasteiger partial charge in [-0.1, -0.05) is 6.07 Å². The molecule has 0 aliphatic carbocycles. The molecule has 0 unspecified atom stereocenters. The van der Waals surface area contributed by atoms with Crippen LogP contribution < -0.4 is 16.0 Å². The van der Waals surface area contributed by atoms with Crippen molar-refractivity contribution in [2.24, 2.45) is 0 Å². The van der Waals surface area contributed by atoms with Crippen molar-refractivity contribution in [2.45, 2.75) is 12.8 Å². The van der Waals surface area contributed by atoms with Crippen LogP contribution in [0.15, 0.2) is 12.1 Å². The molecule has 0 saturated carbocycles. The van der Waals surface area contributed by atoms with Crippen molar-refractivity contribution in [3.05, 3.63) is 17.7 Å². The number of benzene rings is 1. The topological polar surface area (TPSA) is 81.8 Å². The number of nitrogens with two attached hydrogens (primary N) is 1. The molecule has 0 spiro atoms. The van der Waals surface area contributed by atoms with Gasteiger partial charge in [-0.25, -0.2) is 0 Å². The van der Waals surface area contributed by atoms with Crippen molar-refractivity contribution >= 4 is 17.1 Å². The molecule has 1 aliphatic heterocycles. The van der Waals surface area contributed by atoms with Crippen LogP contribution in [0.3, 0.4) is 0 Å². The lowest BCUT2D eigenvalue weighted by Crippen LogP contribution is -2.32. The van der Waals surface area contributed by atoms with Gasteiger partial charge in [0.1, 0.15) is 0 Å². The third-order valence-corrected chi connectivity index (χ3v) is 3.28. The average Bonchev–Trinajstić information content (AvgIpc) is 2.38. The molecule has 5 nitrogen and oxygen atoms in total. The Labute approximate surface area is 107 Å². The molecule has 2 rings (SSSR count). The Balaban J connectivity index is 2.39. The fraction of sp³-hybridized carbons (Fsp3) is 0.538. The van der Waals surface area contributed by atoms with E-state index in [9.17, 15) is 0 Å². The second kappa shape index (κ2) is 5.93. The molecule has 100 valence electrons. The number of hydrogen-bond acceptors (Lipinski definition) is 5. The highest BCUT2D eigenvalue weighted by Crippen LogP contribution is 2.37. The Hall–Kier alpha value is -1.46. The van der Waals surface area contributed by atoms with Gasteiger partial charge in [0, 0.05) is 19.6 Å². The molecule has 0 aromatic heterocycles. The van der Waals surface area contributed by atoms with Crippen molar-refractivity contribution in [2.75, 3.05) is 48.8 Å². The SMILES string of the molecule is Nc1ccc2c(c1N(CCO)CCO)NCCC2. The van der Waals surface area contributed by atoms with Gasteiger partial charge in [-0.2, -0.15) is 0 Å². The standard InChI is InChI=1S/C13H21N3O2/c14-11-4-3-10-2-1-5-15-12(10)13(11)16(6-8-17)7-9-18/h3-4,15,17-18H,1-2,5-9,14H2. The van der Waals surface area contributed by atoms with E-state index < -0.39 is 0 Å². The first-order valence-corrected chi connectivity index (χ1v) is 6.39. The van der Waals surface area contributed by atoms with Crippen LogP contribution in [0, 0.1) is 0 Å². The molecule has 0 bridgehead atoms. The van der Waals surface area contributed by atoms with Crippen LogP contribution in [0.2, 0.25) is 0 Å². The van der Waals surface area contributed by atoms with Gasteiger partial charge in [0.25, 0.3) is 0 Å². The monoisotopic (exact) mass is 251 g/mol. The quantitative estimate of drug-likeness (QED) is 0.570. The van der Waals surface area contributed by atoms with Crippen molar-refractivity contribution in [1.29, 1.82) is 0 Å². The maximum absolute atomic E-state index is 9.14. The van der Waals surface area contributed by atoms with E-state index in [0.29, 0.717) is 18.8 Å². The van der Waals surface area contributed by atoms with Gasteiger partial charge < -0.3 is 26.2 Å². The molecule has 0 amide bonds. The minimum absolute atomic E-state index is 0.0447. The molecule has 0 atom stereocenters. The Morgan fingerprint density at radius 3 is 2.61 bits per heavy atom. The summed E-state index contributed by atoms with van der Waals surface area (Å²) in [5.41, 5.74) is 9.97. The number of aliphatic hydroxyl groups excluding tert-OH is 2. The molecule has 1 aliphatic rings. The molecule has 1 aromatic rings. The lowest BCUT2D eigenvalue weighted by atomic mass is 10.0. The smallest absolute Gasteiger partial charge is 0.0839 e. The van der Waals surface area contributed by atoms with Crippen LogP contribution in [0.5, 0.6) is 0 Å². The van der Waals surface area contributed by atoms with E-state index in [1.54, 1.807) is 0 Å². The van der Waals surface area contributed by atoms with E-state index in [-0.39, 0.29) is 13.2 Å². The summed E-state index contributed by atoms with van der Waals surface area (Å²) < 4.78 is 0. The Kier molecular flexibility index (Phi) is 4.28. The zero-order valence-electron chi connectivity index (χ0n) is 10.5. The lowest BCUT2D eigenvalue weighted by molar-refractivity contribution is 0.281. The van der Waals surface area contributed by atoms with Crippen LogP contribution in [0.4, 0.5) is 17.1 Å². The van der Waals surface area contributed by atoms with E-state index in [1.807, 2.05) is 11.0 Å². The van der Waals surface area contributed by atoms with Crippen LogP contribution in [0.1, 0.15) is 12.0 Å². The summed E-state index contributed by atoms with van der Waals surface area (Å²) in [6.45, 7) is 1.98. The maximum Gasteiger partial charge on any atom is 0.0839 e. The maximum atomic E-state index is 9.14. The fourth-order valence-electron chi connectivity index (χ4n) is 2.46. The lowest BCUT2D eigenvalue weighted by Gasteiger charge is -2.30. The van der Waals surface area contributed by atoms with E-state index in [2.05, 4.69) is 11.4 Å². The number of anilines is 3. The molecule has 0 saturated heterocycles. The molecule has 5 N–H and O–H groups in total. The van der Waals surface area contributed by atoms with Gasteiger partial charge in [-0.05, 0) is 24.5 Å².